The minimum Gasteiger partial charge on any atom is -0.397 e. The van der Waals surface area contributed by atoms with Gasteiger partial charge in [0.25, 0.3) is 0 Å². The second-order valence-electron chi connectivity index (χ2n) is 7.99. The van der Waals surface area contributed by atoms with E-state index >= 15 is 0 Å². The second kappa shape index (κ2) is 8.96. The van der Waals surface area contributed by atoms with Crippen molar-refractivity contribution in [3.05, 3.63) is 65.2 Å². The van der Waals surface area contributed by atoms with Crippen molar-refractivity contribution < 1.29 is 13.6 Å². The van der Waals surface area contributed by atoms with E-state index < -0.39 is 17.4 Å². The molecule has 4 rings (SSSR count). The van der Waals surface area contributed by atoms with Gasteiger partial charge in [-0.3, -0.25) is 9.78 Å². The van der Waals surface area contributed by atoms with Gasteiger partial charge in [0, 0.05) is 61.0 Å². The molecule has 0 saturated carbocycles. The first-order chi connectivity index (χ1) is 15.3. The molecule has 1 saturated heterocycles. The number of aromatic nitrogens is 3. The monoisotopic (exact) mass is 438 g/mol. The third kappa shape index (κ3) is 4.43. The van der Waals surface area contributed by atoms with E-state index in [9.17, 15) is 13.6 Å². The average Bonchev–Trinajstić information content (AvgIpc) is 2.76. The van der Waals surface area contributed by atoms with E-state index in [1.165, 1.54) is 12.1 Å². The molecule has 166 valence electrons. The van der Waals surface area contributed by atoms with Gasteiger partial charge in [0.15, 0.2) is 17.4 Å². The number of rotatable bonds is 5. The number of aryl methyl sites for hydroxylation is 1. The summed E-state index contributed by atoms with van der Waals surface area (Å²) in [6, 6.07) is 5.54. The molecule has 3 aromatic heterocycles. The third-order valence-corrected chi connectivity index (χ3v) is 5.51. The fourth-order valence-corrected chi connectivity index (χ4v) is 3.95. The first-order valence-corrected chi connectivity index (χ1v) is 10.4. The Morgan fingerprint density at radius 1 is 1.19 bits per heavy atom. The van der Waals surface area contributed by atoms with Crippen LogP contribution in [0.15, 0.2) is 36.7 Å². The second-order valence-corrected chi connectivity index (χ2v) is 7.99. The lowest BCUT2D eigenvalue weighted by Crippen LogP contribution is -2.43. The Hall–Kier alpha value is -3.46. The number of nitrogen functional groups attached to an aromatic ring is 1. The third-order valence-electron chi connectivity index (χ3n) is 5.51. The Balaban J connectivity index is 1.67. The van der Waals surface area contributed by atoms with Crippen LogP contribution in [0.1, 0.15) is 34.6 Å². The maximum atomic E-state index is 14.6. The zero-order valence-electron chi connectivity index (χ0n) is 17.7. The largest absolute Gasteiger partial charge is 0.397 e. The van der Waals surface area contributed by atoms with Crippen LogP contribution in [0.4, 0.5) is 20.2 Å². The number of Topliss-reactive ketones (excluding diaryl/α,β-unsaturated/α-hetero) is 1. The molecular formula is C23H24F2N6O. The Morgan fingerprint density at radius 2 is 1.97 bits per heavy atom. The minimum atomic E-state index is -0.847. The first kappa shape index (κ1) is 21.8. The van der Waals surface area contributed by atoms with Crippen molar-refractivity contribution in [3.63, 3.8) is 0 Å². The molecule has 0 bridgehead atoms. The number of hydrogen-bond donors (Lipinski definition) is 2. The van der Waals surface area contributed by atoms with E-state index in [0.717, 1.165) is 31.1 Å². The number of piperidine rings is 1. The molecule has 4 heterocycles. The standard InChI is InChI=1S/C23H24F2N6O/c1-13-4-5-16(24)21(29-13)22-17(25)10-18(27)23(30-22)20(32)9-14-11-28-7-6-19(14)31-8-2-3-15(26)12-31/h4-7,10-11,15H,2-3,8-9,12,26-27H2,1H3/t15-/m0/s1. The van der Waals surface area contributed by atoms with Gasteiger partial charge in [-0.15, -0.1) is 0 Å². The van der Waals surface area contributed by atoms with Gasteiger partial charge in [-0.2, -0.15) is 0 Å². The van der Waals surface area contributed by atoms with Crippen LogP contribution >= 0.6 is 0 Å². The normalized spacial score (nSPS) is 16.2. The molecule has 1 aliphatic rings. The van der Waals surface area contributed by atoms with Gasteiger partial charge in [0.1, 0.15) is 17.1 Å². The summed E-state index contributed by atoms with van der Waals surface area (Å²) in [4.78, 5) is 27.5. The maximum Gasteiger partial charge on any atom is 0.187 e. The lowest BCUT2D eigenvalue weighted by atomic mass is 10.0. The number of carbonyl (C=O) groups excluding carboxylic acids is 1. The van der Waals surface area contributed by atoms with Crippen molar-refractivity contribution in [1.82, 2.24) is 15.0 Å². The van der Waals surface area contributed by atoms with Gasteiger partial charge in [-0.05, 0) is 38.0 Å². The lowest BCUT2D eigenvalue weighted by molar-refractivity contribution is 0.0989. The molecule has 3 aromatic rings. The van der Waals surface area contributed by atoms with Gasteiger partial charge < -0.3 is 16.4 Å². The van der Waals surface area contributed by atoms with Crippen molar-refractivity contribution in [2.75, 3.05) is 23.7 Å². The highest BCUT2D eigenvalue weighted by Crippen LogP contribution is 2.28. The predicted molar refractivity (Wildman–Crippen MR) is 118 cm³/mol. The molecular weight excluding hydrogens is 414 g/mol. The first-order valence-electron chi connectivity index (χ1n) is 10.4. The van der Waals surface area contributed by atoms with Crippen LogP contribution < -0.4 is 16.4 Å². The van der Waals surface area contributed by atoms with Crippen molar-refractivity contribution in [2.24, 2.45) is 5.73 Å². The summed E-state index contributed by atoms with van der Waals surface area (Å²) in [5, 5.41) is 0. The molecule has 0 unspecified atom stereocenters. The number of nitrogens with zero attached hydrogens (tertiary/aromatic N) is 4. The summed E-state index contributed by atoms with van der Waals surface area (Å²) in [5.74, 6) is -2.01. The highest BCUT2D eigenvalue weighted by Gasteiger charge is 2.24. The van der Waals surface area contributed by atoms with Crippen LogP contribution in [-0.2, 0) is 6.42 Å². The molecule has 0 aromatic carbocycles. The summed E-state index contributed by atoms with van der Waals surface area (Å²) in [6.45, 7) is 3.17. The molecule has 1 fully saturated rings. The van der Waals surface area contributed by atoms with Gasteiger partial charge in [0.2, 0.25) is 0 Å². The molecule has 7 nitrogen and oxygen atoms in total. The molecule has 1 aliphatic heterocycles. The van der Waals surface area contributed by atoms with E-state index in [0.29, 0.717) is 17.8 Å². The van der Waals surface area contributed by atoms with Gasteiger partial charge in [-0.25, -0.2) is 18.7 Å². The zero-order valence-corrected chi connectivity index (χ0v) is 17.7. The van der Waals surface area contributed by atoms with Crippen LogP contribution in [0.5, 0.6) is 0 Å². The number of nitrogens with two attached hydrogens (primary N) is 2. The van der Waals surface area contributed by atoms with Crippen LogP contribution in [-0.4, -0.2) is 39.9 Å². The van der Waals surface area contributed by atoms with E-state index in [2.05, 4.69) is 19.9 Å². The highest BCUT2D eigenvalue weighted by molar-refractivity contribution is 6.01. The minimum absolute atomic E-state index is 0.0408. The summed E-state index contributed by atoms with van der Waals surface area (Å²) in [5.41, 5.74) is 13.2. The summed E-state index contributed by atoms with van der Waals surface area (Å²) < 4.78 is 28.9. The molecule has 1 atom stereocenters. The number of hydrogen-bond acceptors (Lipinski definition) is 7. The summed E-state index contributed by atoms with van der Waals surface area (Å²) >= 11 is 0. The fourth-order valence-electron chi connectivity index (χ4n) is 3.95. The van der Waals surface area contributed by atoms with Gasteiger partial charge >= 0.3 is 0 Å². The Bertz CT molecular complexity index is 1170. The van der Waals surface area contributed by atoms with E-state index in [1.54, 1.807) is 19.3 Å². The zero-order chi connectivity index (χ0) is 22.8. The summed E-state index contributed by atoms with van der Waals surface area (Å²) in [7, 11) is 0. The number of ketones is 1. The topological polar surface area (TPSA) is 111 Å². The van der Waals surface area contributed by atoms with Crippen LogP contribution in [0, 0.1) is 18.6 Å². The van der Waals surface area contributed by atoms with Crippen LogP contribution in [0.2, 0.25) is 0 Å². The lowest BCUT2D eigenvalue weighted by Gasteiger charge is -2.33. The van der Waals surface area contributed by atoms with Crippen LogP contribution in [0.3, 0.4) is 0 Å². The highest BCUT2D eigenvalue weighted by atomic mass is 19.1. The van der Waals surface area contributed by atoms with Crippen molar-refractivity contribution >= 4 is 17.2 Å². The van der Waals surface area contributed by atoms with Crippen molar-refractivity contribution in [1.29, 1.82) is 0 Å². The predicted octanol–water partition coefficient (Wildman–Crippen LogP) is 3.06. The van der Waals surface area contributed by atoms with Gasteiger partial charge in [0.05, 0.1) is 5.69 Å². The maximum absolute atomic E-state index is 14.6. The SMILES string of the molecule is Cc1ccc(F)c(-c2nc(C(=O)Cc3cnccc3N3CCC[C@H](N)C3)c(N)cc2F)n1. The van der Waals surface area contributed by atoms with Crippen molar-refractivity contribution in [2.45, 2.75) is 32.2 Å². The quantitative estimate of drug-likeness (QED) is 0.589. The number of pyridine rings is 3. The number of carbonyl (C=O) groups is 1. The Kier molecular flexibility index (Phi) is 6.09. The fraction of sp³-hybridized carbons (Fsp3) is 0.304. The van der Waals surface area contributed by atoms with Gasteiger partial charge in [-0.1, -0.05) is 0 Å². The van der Waals surface area contributed by atoms with E-state index in [1.807, 2.05) is 6.07 Å². The average molecular weight is 438 g/mol. The van der Waals surface area contributed by atoms with Crippen molar-refractivity contribution in [3.8, 4) is 11.4 Å². The number of halogens is 2. The Labute approximate surface area is 184 Å². The molecule has 0 spiro atoms. The van der Waals surface area contributed by atoms with E-state index in [4.69, 9.17) is 11.5 Å². The molecule has 0 aliphatic carbocycles. The Morgan fingerprint density at radius 3 is 2.75 bits per heavy atom. The number of anilines is 2. The molecule has 32 heavy (non-hydrogen) atoms. The molecule has 0 amide bonds. The smallest absolute Gasteiger partial charge is 0.187 e. The van der Waals surface area contributed by atoms with E-state index in [-0.39, 0.29) is 35.2 Å². The van der Waals surface area contributed by atoms with Crippen LogP contribution in [0.25, 0.3) is 11.4 Å². The molecule has 9 heteroatoms. The molecule has 4 N–H and O–H groups in total. The summed E-state index contributed by atoms with van der Waals surface area (Å²) in [6.07, 6.45) is 5.16. The molecule has 0 radical (unpaired) electrons.